The van der Waals surface area contributed by atoms with Gasteiger partial charge in [0.2, 0.25) is 0 Å². The van der Waals surface area contributed by atoms with Crippen LogP contribution in [0.4, 0.5) is 0 Å². The van der Waals surface area contributed by atoms with Crippen LogP contribution >= 0.6 is 0 Å². The molecule has 0 aliphatic carbocycles. The summed E-state index contributed by atoms with van der Waals surface area (Å²) in [6, 6.07) is 17.6. The van der Waals surface area contributed by atoms with Crippen LogP contribution in [0, 0.1) is 18.3 Å². The van der Waals surface area contributed by atoms with Crippen LogP contribution in [0.2, 0.25) is 0 Å². The molecule has 1 aromatic heterocycles. The van der Waals surface area contributed by atoms with Crippen LogP contribution in [0.3, 0.4) is 0 Å². The van der Waals surface area contributed by atoms with Gasteiger partial charge < -0.3 is 5.32 Å². The maximum atomic E-state index is 12.5. The number of carbonyl (C=O) groups is 1. The lowest BCUT2D eigenvalue weighted by Gasteiger charge is -2.09. The Labute approximate surface area is 169 Å². The maximum Gasteiger partial charge on any atom is 0.251 e. The number of sulfone groups is 1. The number of aromatic nitrogens is 1. The normalized spacial score (nSPS) is 10.9. The number of amides is 1. The van der Waals surface area contributed by atoms with Crippen molar-refractivity contribution in [2.45, 2.75) is 18.4 Å². The summed E-state index contributed by atoms with van der Waals surface area (Å²) in [6.45, 7) is 1.88. The molecule has 0 saturated carbocycles. The minimum atomic E-state index is -3.41. The van der Waals surface area contributed by atoms with Gasteiger partial charge in [0, 0.05) is 18.0 Å². The first-order chi connectivity index (χ1) is 13.8. The molecular weight excluding hydrogens is 386 g/mol. The Balaban J connectivity index is 1.77. The summed E-state index contributed by atoms with van der Waals surface area (Å²) in [6.07, 6.45) is 2.76. The predicted octanol–water partition coefficient (Wildman–Crippen LogP) is 3.26. The van der Waals surface area contributed by atoms with Crippen molar-refractivity contribution in [3.8, 4) is 17.2 Å². The maximum absolute atomic E-state index is 12.5. The molecule has 2 aromatic carbocycles. The van der Waals surface area contributed by atoms with Gasteiger partial charge in [-0.15, -0.1) is 0 Å². The Bertz CT molecular complexity index is 1230. The fourth-order valence-corrected chi connectivity index (χ4v) is 3.93. The number of nitrogens with zero attached hydrogens (tertiary/aromatic N) is 2. The molecule has 3 aromatic rings. The van der Waals surface area contributed by atoms with E-state index < -0.39 is 9.84 Å². The first-order valence-corrected chi connectivity index (χ1v) is 10.7. The zero-order valence-electron chi connectivity index (χ0n) is 16.0. The van der Waals surface area contributed by atoms with E-state index in [9.17, 15) is 13.2 Å². The lowest BCUT2D eigenvalue weighted by Crippen LogP contribution is -2.23. The summed E-state index contributed by atoms with van der Waals surface area (Å²) in [7, 11) is -3.41. The van der Waals surface area contributed by atoms with Crippen molar-refractivity contribution in [1.29, 1.82) is 5.26 Å². The van der Waals surface area contributed by atoms with Crippen molar-refractivity contribution in [2.24, 2.45) is 0 Å². The van der Waals surface area contributed by atoms with Gasteiger partial charge in [-0.2, -0.15) is 5.26 Å². The number of hydrogen-bond donors (Lipinski definition) is 1. The van der Waals surface area contributed by atoms with E-state index in [-0.39, 0.29) is 22.9 Å². The van der Waals surface area contributed by atoms with Crippen molar-refractivity contribution < 1.29 is 13.2 Å². The summed E-state index contributed by atoms with van der Waals surface area (Å²) in [5, 5.41) is 11.8. The zero-order chi connectivity index (χ0) is 21.0. The number of rotatable bonds is 5. The van der Waals surface area contributed by atoms with Crippen LogP contribution in [-0.4, -0.2) is 25.6 Å². The standard InChI is InChI=1S/C22H19N3O3S/c1-15-6-7-19(12-21(15)29(2,27)28)22(26)25-14-20-11-18(8-9-24-20)17-5-3-4-16(10-17)13-23/h3-12H,14H2,1-2H3,(H,25,26). The zero-order valence-corrected chi connectivity index (χ0v) is 16.8. The predicted molar refractivity (Wildman–Crippen MR) is 110 cm³/mol. The number of hydrogen-bond acceptors (Lipinski definition) is 5. The average molecular weight is 405 g/mol. The second-order valence-corrected chi connectivity index (χ2v) is 8.65. The number of aryl methyl sites for hydroxylation is 1. The van der Waals surface area contributed by atoms with Crippen LogP contribution in [0.15, 0.2) is 65.7 Å². The van der Waals surface area contributed by atoms with Crippen molar-refractivity contribution in [3.63, 3.8) is 0 Å². The molecule has 1 N–H and O–H groups in total. The van der Waals surface area contributed by atoms with E-state index in [1.54, 1.807) is 37.4 Å². The Morgan fingerprint density at radius 2 is 1.86 bits per heavy atom. The van der Waals surface area contributed by atoms with Gasteiger partial charge in [0.05, 0.1) is 28.8 Å². The van der Waals surface area contributed by atoms with Crippen molar-refractivity contribution in [1.82, 2.24) is 10.3 Å². The summed E-state index contributed by atoms with van der Waals surface area (Å²) in [5.74, 6) is -0.381. The second kappa shape index (κ2) is 8.25. The Morgan fingerprint density at radius 1 is 1.10 bits per heavy atom. The van der Waals surface area contributed by atoms with Crippen molar-refractivity contribution >= 4 is 15.7 Å². The lowest BCUT2D eigenvalue weighted by atomic mass is 10.0. The minimum absolute atomic E-state index is 0.141. The Kier molecular flexibility index (Phi) is 5.76. The van der Waals surface area contributed by atoms with E-state index in [0.717, 1.165) is 17.4 Å². The molecule has 0 aliphatic rings. The number of pyridine rings is 1. The molecule has 0 atom stereocenters. The highest BCUT2D eigenvalue weighted by Crippen LogP contribution is 2.21. The quantitative estimate of drug-likeness (QED) is 0.702. The van der Waals surface area contributed by atoms with Gasteiger partial charge >= 0.3 is 0 Å². The van der Waals surface area contributed by atoms with Gasteiger partial charge in [-0.05, 0) is 60.0 Å². The van der Waals surface area contributed by atoms with Crippen molar-refractivity contribution in [3.05, 3.63) is 83.2 Å². The molecule has 0 spiro atoms. The molecule has 3 rings (SSSR count). The molecule has 0 bridgehead atoms. The van der Waals surface area contributed by atoms with Crippen LogP contribution in [-0.2, 0) is 16.4 Å². The molecule has 0 fully saturated rings. The second-order valence-electron chi connectivity index (χ2n) is 6.66. The van der Waals surface area contributed by atoms with E-state index >= 15 is 0 Å². The molecule has 1 heterocycles. The Morgan fingerprint density at radius 3 is 2.59 bits per heavy atom. The summed E-state index contributed by atoms with van der Waals surface area (Å²) in [4.78, 5) is 16.9. The van der Waals surface area contributed by atoms with Gasteiger partial charge in [0.1, 0.15) is 0 Å². The number of nitrogens with one attached hydrogen (secondary N) is 1. The molecule has 0 unspecified atom stereocenters. The third kappa shape index (κ3) is 4.86. The van der Waals surface area contributed by atoms with Crippen LogP contribution < -0.4 is 5.32 Å². The average Bonchev–Trinajstić information content (AvgIpc) is 2.71. The molecule has 29 heavy (non-hydrogen) atoms. The molecule has 0 radical (unpaired) electrons. The highest BCUT2D eigenvalue weighted by molar-refractivity contribution is 7.90. The third-order valence-corrected chi connectivity index (χ3v) is 5.66. The van der Waals surface area contributed by atoms with E-state index in [4.69, 9.17) is 5.26 Å². The lowest BCUT2D eigenvalue weighted by molar-refractivity contribution is 0.0950. The monoisotopic (exact) mass is 405 g/mol. The van der Waals surface area contributed by atoms with Gasteiger partial charge in [0.25, 0.3) is 5.91 Å². The molecule has 1 amide bonds. The number of nitriles is 1. The molecule has 6 nitrogen and oxygen atoms in total. The first-order valence-electron chi connectivity index (χ1n) is 8.82. The van der Waals surface area contributed by atoms with Crippen molar-refractivity contribution in [2.75, 3.05) is 6.26 Å². The van der Waals surface area contributed by atoms with E-state index in [0.29, 0.717) is 16.8 Å². The van der Waals surface area contributed by atoms with E-state index in [2.05, 4.69) is 16.4 Å². The number of benzene rings is 2. The van der Waals surface area contributed by atoms with E-state index in [1.165, 1.54) is 6.07 Å². The summed E-state index contributed by atoms with van der Waals surface area (Å²) < 4.78 is 23.7. The SMILES string of the molecule is Cc1ccc(C(=O)NCc2cc(-c3cccc(C#N)c3)ccn2)cc1S(C)(=O)=O. The van der Waals surface area contributed by atoms with Gasteiger partial charge in [-0.3, -0.25) is 9.78 Å². The fourth-order valence-electron chi connectivity index (χ4n) is 2.94. The van der Waals surface area contributed by atoms with E-state index in [1.807, 2.05) is 24.3 Å². The van der Waals surface area contributed by atoms with Gasteiger partial charge in [-0.25, -0.2) is 8.42 Å². The van der Waals surface area contributed by atoms with Crippen LogP contribution in [0.25, 0.3) is 11.1 Å². The first kappa shape index (κ1) is 20.2. The van der Waals surface area contributed by atoms with Crippen LogP contribution in [0.5, 0.6) is 0 Å². The summed E-state index contributed by atoms with van der Waals surface area (Å²) in [5.41, 5.74) is 3.85. The molecular formula is C22H19N3O3S. The van der Waals surface area contributed by atoms with Gasteiger partial charge in [0.15, 0.2) is 9.84 Å². The smallest absolute Gasteiger partial charge is 0.251 e. The highest BCUT2D eigenvalue weighted by Gasteiger charge is 2.15. The molecule has 7 heteroatoms. The Hall–Kier alpha value is -3.50. The van der Waals surface area contributed by atoms with Crippen LogP contribution in [0.1, 0.15) is 27.2 Å². The fraction of sp³-hybridized carbons (Fsp3) is 0.136. The highest BCUT2D eigenvalue weighted by atomic mass is 32.2. The van der Waals surface area contributed by atoms with Gasteiger partial charge in [-0.1, -0.05) is 18.2 Å². The molecule has 146 valence electrons. The molecule has 0 saturated heterocycles. The molecule has 0 aliphatic heterocycles. The minimum Gasteiger partial charge on any atom is -0.346 e. The topological polar surface area (TPSA) is 99.9 Å². The largest absolute Gasteiger partial charge is 0.346 e. The number of carbonyl (C=O) groups excluding carboxylic acids is 1. The third-order valence-electron chi connectivity index (χ3n) is 4.42. The summed E-state index contributed by atoms with van der Waals surface area (Å²) >= 11 is 0.